The monoisotopic (exact) mass is 307 g/mol. The summed E-state index contributed by atoms with van der Waals surface area (Å²) in [4.78, 5) is 12.9. The molecule has 1 atom stereocenters. The second-order valence-corrected chi connectivity index (χ2v) is 5.36. The lowest BCUT2D eigenvalue weighted by Gasteiger charge is -2.14. The normalized spacial score (nSPS) is 12.0. The van der Waals surface area contributed by atoms with Gasteiger partial charge in [0.2, 0.25) is 0 Å². The summed E-state index contributed by atoms with van der Waals surface area (Å²) in [5, 5.41) is 3.45. The number of carbonyl (C=O) groups is 1. The second kappa shape index (κ2) is 7.20. The Bertz CT molecular complexity index is 616. The molecular formula is C16H17ClFN2O+. The van der Waals surface area contributed by atoms with Gasteiger partial charge in [-0.3, -0.25) is 4.79 Å². The van der Waals surface area contributed by atoms with Crippen LogP contribution in [0.25, 0.3) is 0 Å². The quantitative estimate of drug-likeness (QED) is 0.872. The minimum absolute atomic E-state index is 0.119. The van der Waals surface area contributed by atoms with E-state index in [1.165, 1.54) is 24.3 Å². The highest BCUT2D eigenvalue weighted by atomic mass is 35.5. The summed E-state index contributed by atoms with van der Waals surface area (Å²) in [7, 11) is 1.92. The van der Waals surface area contributed by atoms with Gasteiger partial charge in [0, 0.05) is 16.3 Å². The third-order valence-corrected chi connectivity index (χ3v) is 3.41. The van der Waals surface area contributed by atoms with E-state index in [-0.39, 0.29) is 11.7 Å². The number of carbonyl (C=O) groups excluding carboxylic acids is 1. The van der Waals surface area contributed by atoms with E-state index in [9.17, 15) is 9.18 Å². The smallest absolute Gasteiger partial charge is 0.279 e. The molecular weight excluding hydrogens is 291 g/mol. The molecule has 3 nitrogen and oxygen atoms in total. The van der Waals surface area contributed by atoms with Crippen LogP contribution in [0.15, 0.2) is 48.5 Å². The molecule has 2 rings (SSSR count). The molecule has 0 fully saturated rings. The first kappa shape index (κ1) is 15.5. The van der Waals surface area contributed by atoms with Crippen LogP contribution < -0.4 is 10.2 Å². The van der Waals surface area contributed by atoms with Gasteiger partial charge >= 0.3 is 0 Å². The summed E-state index contributed by atoms with van der Waals surface area (Å²) < 4.78 is 12.8. The summed E-state index contributed by atoms with van der Waals surface area (Å²) in [6.07, 6.45) is 0. The molecule has 0 aliphatic carbocycles. The lowest BCUT2D eigenvalue weighted by molar-refractivity contribution is -0.885. The van der Waals surface area contributed by atoms with E-state index in [2.05, 4.69) is 5.32 Å². The van der Waals surface area contributed by atoms with Gasteiger partial charge in [0.05, 0.1) is 7.05 Å². The Morgan fingerprint density at radius 1 is 1.19 bits per heavy atom. The average molecular weight is 308 g/mol. The van der Waals surface area contributed by atoms with Crippen LogP contribution in [0.1, 0.15) is 5.56 Å². The minimum atomic E-state index is -0.325. The molecule has 0 saturated heterocycles. The molecule has 0 aliphatic heterocycles. The number of rotatable bonds is 5. The summed E-state index contributed by atoms with van der Waals surface area (Å²) >= 11 is 6.10. The first-order valence-electron chi connectivity index (χ1n) is 6.65. The van der Waals surface area contributed by atoms with Gasteiger partial charge in [-0.15, -0.1) is 0 Å². The average Bonchev–Trinajstić information content (AvgIpc) is 2.44. The Morgan fingerprint density at radius 2 is 1.86 bits per heavy atom. The molecule has 21 heavy (non-hydrogen) atoms. The zero-order valence-electron chi connectivity index (χ0n) is 11.7. The largest absolute Gasteiger partial charge is 0.326 e. The molecule has 0 spiro atoms. The van der Waals surface area contributed by atoms with E-state index in [1.807, 2.05) is 31.3 Å². The Kier molecular flexibility index (Phi) is 5.31. The topological polar surface area (TPSA) is 33.5 Å². The summed E-state index contributed by atoms with van der Waals surface area (Å²) in [5.74, 6) is -0.444. The molecule has 5 heteroatoms. The van der Waals surface area contributed by atoms with Crippen molar-refractivity contribution >= 4 is 23.2 Å². The van der Waals surface area contributed by atoms with Gasteiger partial charge in [0.15, 0.2) is 6.54 Å². The summed E-state index contributed by atoms with van der Waals surface area (Å²) in [6.45, 7) is 0.971. The van der Waals surface area contributed by atoms with Crippen LogP contribution in [0.5, 0.6) is 0 Å². The van der Waals surface area contributed by atoms with E-state index in [0.29, 0.717) is 23.8 Å². The fourth-order valence-electron chi connectivity index (χ4n) is 2.04. The first-order chi connectivity index (χ1) is 10.0. The molecule has 2 aromatic rings. The third-order valence-electron chi connectivity index (χ3n) is 3.04. The Morgan fingerprint density at radius 3 is 2.52 bits per heavy atom. The van der Waals surface area contributed by atoms with Crippen molar-refractivity contribution < 1.29 is 14.1 Å². The van der Waals surface area contributed by atoms with Gasteiger partial charge in [-0.1, -0.05) is 29.8 Å². The number of nitrogens with one attached hydrogen (secondary N) is 2. The van der Waals surface area contributed by atoms with E-state index in [1.54, 1.807) is 0 Å². The number of quaternary nitrogens is 1. The molecule has 0 bridgehead atoms. The molecule has 0 heterocycles. The Labute approximate surface area is 128 Å². The van der Waals surface area contributed by atoms with E-state index >= 15 is 0 Å². The van der Waals surface area contributed by atoms with Crippen LogP contribution in [-0.2, 0) is 11.3 Å². The summed E-state index contributed by atoms with van der Waals surface area (Å²) in [6, 6.07) is 13.3. The number of hydrogen-bond acceptors (Lipinski definition) is 1. The van der Waals surface area contributed by atoms with Crippen molar-refractivity contribution in [3.63, 3.8) is 0 Å². The zero-order chi connectivity index (χ0) is 15.2. The predicted octanol–water partition coefficient (Wildman–Crippen LogP) is 2.13. The Hall–Kier alpha value is -1.91. The van der Waals surface area contributed by atoms with Crippen LogP contribution in [0.3, 0.4) is 0 Å². The Balaban J connectivity index is 1.87. The van der Waals surface area contributed by atoms with Crippen molar-refractivity contribution in [2.24, 2.45) is 0 Å². The molecule has 110 valence electrons. The highest BCUT2D eigenvalue weighted by Crippen LogP contribution is 2.13. The third kappa shape index (κ3) is 4.85. The maximum Gasteiger partial charge on any atom is 0.279 e. The number of hydrogen-bond donors (Lipinski definition) is 2. The number of amides is 1. The predicted molar refractivity (Wildman–Crippen MR) is 81.9 cm³/mol. The second-order valence-electron chi connectivity index (χ2n) is 4.96. The van der Waals surface area contributed by atoms with Crippen molar-refractivity contribution in [2.75, 3.05) is 18.9 Å². The molecule has 2 N–H and O–H groups in total. The molecule has 0 radical (unpaired) electrons. The molecule has 0 aromatic heterocycles. The van der Waals surface area contributed by atoms with E-state index < -0.39 is 0 Å². The highest BCUT2D eigenvalue weighted by molar-refractivity contribution is 6.31. The molecule has 1 amide bonds. The standard InChI is InChI=1S/C16H16ClFN2O/c1-20(10-12-4-2-3-5-15(12)17)11-16(21)19-14-8-6-13(18)7-9-14/h2-9H,10-11H2,1H3,(H,19,21)/p+1. The maximum atomic E-state index is 12.8. The van der Waals surface area contributed by atoms with Gasteiger partial charge < -0.3 is 10.2 Å². The van der Waals surface area contributed by atoms with Crippen molar-refractivity contribution in [1.29, 1.82) is 0 Å². The minimum Gasteiger partial charge on any atom is -0.326 e. The molecule has 1 unspecified atom stereocenters. The van der Waals surface area contributed by atoms with Gasteiger partial charge in [0.1, 0.15) is 12.4 Å². The van der Waals surface area contributed by atoms with Crippen LogP contribution in [0.2, 0.25) is 5.02 Å². The van der Waals surface area contributed by atoms with Crippen molar-refractivity contribution in [3.8, 4) is 0 Å². The first-order valence-corrected chi connectivity index (χ1v) is 7.02. The summed E-state index contributed by atoms with van der Waals surface area (Å²) in [5.41, 5.74) is 1.60. The van der Waals surface area contributed by atoms with E-state index in [4.69, 9.17) is 11.6 Å². The SMILES string of the molecule is C[NH+](CC(=O)Nc1ccc(F)cc1)Cc1ccccc1Cl. The lowest BCUT2D eigenvalue weighted by atomic mass is 10.2. The fourth-order valence-corrected chi connectivity index (χ4v) is 2.24. The number of anilines is 1. The van der Waals surface area contributed by atoms with Crippen LogP contribution >= 0.6 is 11.6 Å². The number of likely N-dealkylation sites (N-methyl/N-ethyl adjacent to an activating group) is 1. The van der Waals surface area contributed by atoms with Gasteiger partial charge in [0.25, 0.3) is 5.91 Å². The van der Waals surface area contributed by atoms with Crippen molar-refractivity contribution in [2.45, 2.75) is 6.54 Å². The lowest BCUT2D eigenvalue weighted by Crippen LogP contribution is -3.08. The number of halogens is 2. The maximum absolute atomic E-state index is 12.8. The van der Waals surface area contributed by atoms with Crippen LogP contribution in [0.4, 0.5) is 10.1 Å². The van der Waals surface area contributed by atoms with Crippen molar-refractivity contribution in [1.82, 2.24) is 0 Å². The van der Waals surface area contributed by atoms with Crippen LogP contribution in [-0.4, -0.2) is 19.5 Å². The zero-order valence-corrected chi connectivity index (χ0v) is 12.5. The molecule has 0 saturated carbocycles. The van der Waals surface area contributed by atoms with Crippen molar-refractivity contribution in [3.05, 3.63) is 64.9 Å². The fraction of sp³-hybridized carbons (Fsp3) is 0.188. The van der Waals surface area contributed by atoms with Crippen LogP contribution in [0, 0.1) is 5.82 Å². The van der Waals surface area contributed by atoms with E-state index in [0.717, 1.165) is 10.5 Å². The van der Waals surface area contributed by atoms with Gasteiger partial charge in [-0.2, -0.15) is 0 Å². The molecule has 0 aliphatic rings. The number of benzene rings is 2. The van der Waals surface area contributed by atoms with Gasteiger partial charge in [-0.25, -0.2) is 4.39 Å². The molecule has 2 aromatic carbocycles. The van der Waals surface area contributed by atoms with Gasteiger partial charge in [-0.05, 0) is 30.3 Å². The highest BCUT2D eigenvalue weighted by Gasteiger charge is 2.12.